The van der Waals surface area contributed by atoms with Gasteiger partial charge in [-0.05, 0) is 24.6 Å². The Morgan fingerprint density at radius 3 is 2.94 bits per heavy atom. The standard InChI is InChI=1S/C14H16FNO2/c1-11-3-6-14(15)12(9-11)4-5-13(18)7-8-16(2)10-17/h3,6,9-10,13,18H,7-8H2,1-2H3/t13-/m0/s1. The number of amides is 1. The molecule has 18 heavy (non-hydrogen) atoms. The summed E-state index contributed by atoms with van der Waals surface area (Å²) in [6, 6.07) is 4.65. The van der Waals surface area contributed by atoms with Gasteiger partial charge in [0, 0.05) is 20.0 Å². The van der Waals surface area contributed by atoms with Crippen molar-refractivity contribution in [1.29, 1.82) is 0 Å². The maximum absolute atomic E-state index is 13.4. The van der Waals surface area contributed by atoms with Crippen molar-refractivity contribution in [3.8, 4) is 11.8 Å². The summed E-state index contributed by atoms with van der Waals surface area (Å²) in [5.41, 5.74) is 1.19. The molecule has 0 aliphatic carbocycles. The molecule has 0 bridgehead atoms. The highest BCUT2D eigenvalue weighted by Gasteiger charge is 2.02. The van der Waals surface area contributed by atoms with Crippen molar-refractivity contribution in [3.63, 3.8) is 0 Å². The second-order valence-corrected chi connectivity index (χ2v) is 4.14. The van der Waals surface area contributed by atoms with Gasteiger partial charge in [-0.1, -0.05) is 17.9 Å². The molecule has 0 aliphatic heterocycles. The van der Waals surface area contributed by atoms with Gasteiger partial charge in [0.1, 0.15) is 11.9 Å². The number of aryl methyl sites for hydroxylation is 1. The van der Waals surface area contributed by atoms with Gasteiger partial charge in [0.05, 0.1) is 5.56 Å². The number of aliphatic hydroxyl groups is 1. The number of benzene rings is 1. The SMILES string of the molecule is Cc1ccc(F)c(C#C[C@H](O)CCN(C)C=O)c1. The molecule has 0 unspecified atom stereocenters. The van der Waals surface area contributed by atoms with E-state index in [1.165, 1.54) is 11.0 Å². The maximum atomic E-state index is 13.4. The van der Waals surface area contributed by atoms with Gasteiger partial charge in [-0.3, -0.25) is 4.79 Å². The van der Waals surface area contributed by atoms with Crippen molar-refractivity contribution < 1.29 is 14.3 Å². The largest absolute Gasteiger partial charge is 0.380 e. The lowest BCUT2D eigenvalue weighted by atomic mass is 10.1. The number of hydrogen-bond donors (Lipinski definition) is 1. The molecule has 1 aromatic carbocycles. The van der Waals surface area contributed by atoms with E-state index in [9.17, 15) is 14.3 Å². The Kier molecular flexibility index (Phi) is 5.34. The molecule has 0 aromatic heterocycles. The normalized spacial score (nSPS) is 11.3. The van der Waals surface area contributed by atoms with Gasteiger partial charge in [0.15, 0.2) is 0 Å². The molecule has 4 heteroatoms. The fourth-order valence-corrected chi connectivity index (χ4v) is 1.35. The second kappa shape index (κ2) is 6.77. The van der Waals surface area contributed by atoms with Gasteiger partial charge < -0.3 is 10.0 Å². The first-order valence-corrected chi connectivity index (χ1v) is 5.64. The first kappa shape index (κ1) is 14.2. The van der Waals surface area contributed by atoms with Crippen LogP contribution in [0.2, 0.25) is 0 Å². The smallest absolute Gasteiger partial charge is 0.209 e. The summed E-state index contributed by atoms with van der Waals surface area (Å²) >= 11 is 0. The van der Waals surface area contributed by atoms with E-state index in [1.54, 1.807) is 19.2 Å². The molecule has 1 atom stereocenters. The minimum Gasteiger partial charge on any atom is -0.380 e. The highest BCUT2D eigenvalue weighted by molar-refractivity contribution is 5.46. The van der Waals surface area contributed by atoms with Crippen molar-refractivity contribution in [2.45, 2.75) is 19.4 Å². The lowest BCUT2D eigenvalue weighted by Gasteiger charge is -2.10. The number of rotatable bonds is 4. The molecular formula is C14H16FNO2. The summed E-state index contributed by atoms with van der Waals surface area (Å²) in [6.45, 7) is 2.26. The number of carbonyl (C=O) groups excluding carboxylic acids is 1. The van der Waals surface area contributed by atoms with Crippen molar-refractivity contribution in [3.05, 3.63) is 35.1 Å². The molecule has 3 nitrogen and oxygen atoms in total. The zero-order valence-electron chi connectivity index (χ0n) is 10.5. The Bertz CT molecular complexity index is 476. The van der Waals surface area contributed by atoms with E-state index in [4.69, 9.17) is 0 Å². The van der Waals surface area contributed by atoms with E-state index in [-0.39, 0.29) is 5.56 Å². The van der Waals surface area contributed by atoms with E-state index >= 15 is 0 Å². The first-order chi connectivity index (χ1) is 8.52. The second-order valence-electron chi connectivity index (χ2n) is 4.14. The van der Waals surface area contributed by atoms with Crippen LogP contribution in [0.1, 0.15) is 17.5 Å². The average molecular weight is 249 g/mol. The summed E-state index contributed by atoms with van der Waals surface area (Å²) in [6.07, 6.45) is 0.156. The zero-order valence-corrected chi connectivity index (χ0v) is 10.5. The molecule has 0 saturated heterocycles. The van der Waals surface area contributed by atoms with E-state index in [0.717, 1.165) is 5.56 Å². The number of carbonyl (C=O) groups is 1. The van der Waals surface area contributed by atoms with Crippen molar-refractivity contribution >= 4 is 6.41 Å². The fourth-order valence-electron chi connectivity index (χ4n) is 1.35. The minimum atomic E-state index is -0.868. The molecular weight excluding hydrogens is 233 g/mol. The lowest BCUT2D eigenvalue weighted by molar-refractivity contribution is -0.117. The predicted octanol–water partition coefficient (Wildman–Crippen LogP) is 1.32. The van der Waals surface area contributed by atoms with Crippen LogP contribution >= 0.6 is 0 Å². The van der Waals surface area contributed by atoms with Crippen LogP contribution in [-0.2, 0) is 4.79 Å². The van der Waals surface area contributed by atoms with Crippen molar-refractivity contribution in [1.82, 2.24) is 4.90 Å². The Hall–Kier alpha value is -1.86. The number of hydrogen-bond acceptors (Lipinski definition) is 2. The van der Waals surface area contributed by atoms with Crippen LogP contribution in [0.3, 0.4) is 0 Å². The summed E-state index contributed by atoms with van der Waals surface area (Å²) < 4.78 is 13.4. The van der Waals surface area contributed by atoms with E-state index in [1.807, 2.05) is 6.92 Å². The van der Waals surface area contributed by atoms with Gasteiger partial charge in [0.2, 0.25) is 6.41 Å². The third kappa shape index (κ3) is 4.56. The summed E-state index contributed by atoms with van der Waals surface area (Å²) in [4.78, 5) is 11.8. The molecule has 1 amide bonds. The Morgan fingerprint density at radius 1 is 1.56 bits per heavy atom. The van der Waals surface area contributed by atoms with Gasteiger partial charge in [-0.15, -0.1) is 0 Å². The van der Waals surface area contributed by atoms with E-state index in [0.29, 0.717) is 19.4 Å². The molecule has 0 spiro atoms. The van der Waals surface area contributed by atoms with Crippen LogP contribution in [0.15, 0.2) is 18.2 Å². The Morgan fingerprint density at radius 2 is 2.28 bits per heavy atom. The predicted molar refractivity (Wildman–Crippen MR) is 67.3 cm³/mol. The molecule has 0 radical (unpaired) electrons. The van der Waals surface area contributed by atoms with Gasteiger partial charge in [0.25, 0.3) is 0 Å². The quantitative estimate of drug-likeness (QED) is 0.646. The molecule has 96 valence electrons. The highest BCUT2D eigenvalue weighted by Crippen LogP contribution is 2.08. The van der Waals surface area contributed by atoms with Crippen LogP contribution in [0.25, 0.3) is 0 Å². The minimum absolute atomic E-state index is 0.276. The topological polar surface area (TPSA) is 40.5 Å². The first-order valence-electron chi connectivity index (χ1n) is 5.64. The van der Waals surface area contributed by atoms with Gasteiger partial charge >= 0.3 is 0 Å². The van der Waals surface area contributed by atoms with Crippen LogP contribution in [0, 0.1) is 24.6 Å². The van der Waals surface area contributed by atoms with E-state index < -0.39 is 11.9 Å². The number of aliphatic hydroxyl groups excluding tert-OH is 1. The fraction of sp³-hybridized carbons (Fsp3) is 0.357. The number of halogens is 1. The molecule has 1 rings (SSSR count). The Balaban J connectivity index is 2.64. The Labute approximate surface area is 106 Å². The third-order valence-corrected chi connectivity index (χ3v) is 2.43. The van der Waals surface area contributed by atoms with Crippen LogP contribution < -0.4 is 0 Å². The monoisotopic (exact) mass is 249 g/mol. The molecule has 1 N–H and O–H groups in total. The van der Waals surface area contributed by atoms with Crippen LogP contribution in [-0.4, -0.2) is 36.1 Å². The summed E-state index contributed by atoms with van der Waals surface area (Å²) in [5.74, 6) is 4.78. The zero-order chi connectivity index (χ0) is 13.5. The number of nitrogens with zero attached hydrogens (tertiary/aromatic N) is 1. The average Bonchev–Trinajstić information content (AvgIpc) is 2.36. The molecule has 0 heterocycles. The van der Waals surface area contributed by atoms with Crippen LogP contribution in [0.5, 0.6) is 0 Å². The van der Waals surface area contributed by atoms with E-state index in [2.05, 4.69) is 11.8 Å². The third-order valence-electron chi connectivity index (χ3n) is 2.43. The molecule has 0 saturated carbocycles. The van der Waals surface area contributed by atoms with Gasteiger partial charge in [-0.2, -0.15) is 0 Å². The van der Waals surface area contributed by atoms with Crippen molar-refractivity contribution in [2.75, 3.05) is 13.6 Å². The maximum Gasteiger partial charge on any atom is 0.209 e. The van der Waals surface area contributed by atoms with Crippen molar-refractivity contribution in [2.24, 2.45) is 0 Å². The molecule has 0 fully saturated rings. The molecule has 1 aromatic rings. The summed E-state index contributed by atoms with van der Waals surface area (Å²) in [7, 11) is 1.62. The lowest BCUT2D eigenvalue weighted by Crippen LogP contribution is -2.21. The molecule has 0 aliphatic rings. The van der Waals surface area contributed by atoms with Crippen LogP contribution in [0.4, 0.5) is 4.39 Å². The van der Waals surface area contributed by atoms with Gasteiger partial charge in [-0.25, -0.2) is 4.39 Å². The summed E-state index contributed by atoms with van der Waals surface area (Å²) in [5, 5.41) is 9.58. The highest BCUT2D eigenvalue weighted by atomic mass is 19.1.